The van der Waals surface area contributed by atoms with E-state index in [2.05, 4.69) is 10.5 Å². The van der Waals surface area contributed by atoms with E-state index in [9.17, 15) is 4.79 Å². The predicted octanol–water partition coefficient (Wildman–Crippen LogP) is 4.93. The van der Waals surface area contributed by atoms with Gasteiger partial charge in [-0.05, 0) is 49.2 Å². The molecule has 0 aliphatic heterocycles. The summed E-state index contributed by atoms with van der Waals surface area (Å²) in [5, 5.41) is 8.55. The molecule has 0 spiro atoms. The van der Waals surface area contributed by atoms with E-state index < -0.39 is 0 Å². The molecule has 3 rings (SSSR count). The molecule has 1 N–H and O–H groups in total. The van der Waals surface area contributed by atoms with Crippen LogP contribution < -0.4 is 5.32 Å². The zero-order valence-electron chi connectivity index (χ0n) is 12.6. The first-order chi connectivity index (χ1) is 10.9. The maximum absolute atomic E-state index is 12.2. The first-order valence-electron chi connectivity index (χ1n) is 7.04. The van der Waals surface area contributed by atoms with Gasteiger partial charge in [-0.3, -0.25) is 4.79 Å². The van der Waals surface area contributed by atoms with Gasteiger partial charge < -0.3 is 9.84 Å². The molecule has 3 aromatic rings. The number of aryl methyl sites for hydroxylation is 2. The Hall–Kier alpha value is -2.04. The van der Waals surface area contributed by atoms with Crippen LogP contribution in [0.25, 0.3) is 11.0 Å². The third kappa shape index (κ3) is 3.33. The Bertz CT molecular complexity index is 903. The van der Waals surface area contributed by atoms with E-state index in [0.29, 0.717) is 27.0 Å². The van der Waals surface area contributed by atoms with Crippen molar-refractivity contribution in [3.05, 3.63) is 57.2 Å². The summed E-state index contributed by atoms with van der Waals surface area (Å²) in [7, 11) is 0. The van der Waals surface area contributed by atoms with E-state index >= 15 is 0 Å². The number of carbonyl (C=O) groups is 1. The summed E-state index contributed by atoms with van der Waals surface area (Å²) in [6, 6.07) is 8.90. The highest BCUT2D eigenvalue weighted by molar-refractivity contribution is 6.36. The highest BCUT2D eigenvalue weighted by Crippen LogP contribution is 2.27. The minimum atomic E-state index is -0.219. The third-order valence-electron chi connectivity index (χ3n) is 3.51. The predicted molar refractivity (Wildman–Crippen MR) is 92.3 cm³/mol. The molecule has 1 heterocycles. The molecule has 118 valence electrons. The van der Waals surface area contributed by atoms with Crippen molar-refractivity contribution in [1.29, 1.82) is 0 Å². The number of nitrogens with one attached hydrogen (secondary N) is 1. The Labute approximate surface area is 143 Å². The summed E-state index contributed by atoms with van der Waals surface area (Å²) in [4.78, 5) is 12.2. The second kappa shape index (κ2) is 6.22. The Morgan fingerprint density at radius 2 is 2.00 bits per heavy atom. The maximum atomic E-state index is 12.2. The average molecular weight is 349 g/mol. The zero-order chi connectivity index (χ0) is 16.6. The van der Waals surface area contributed by atoms with E-state index in [0.717, 1.165) is 16.5 Å². The molecule has 1 aromatic heterocycles. The number of hydrogen-bond acceptors (Lipinski definition) is 3. The fourth-order valence-electron chi connectivity index (χ4n) is 2.50. The van der Waals surface area contributed by atoms with Crippen LogP contribution in [0.3, 0.4) is 0 Å². The summed E-state index contributed by atoms with van der Waals surface area (Å²) in [5.41, 5.74) is 3.93. The Balaban J connectivity index is 1.83. The number of nitrogens with zero attached hydrogens (tertiary/aromatic N) is 1. The number of halogens is 2. The second-order valence-corrected chi connectivity index (χ2v) is 6.28. The molecular weight excluding hydrogens is 335 g/mol. The van der Waals surface area contributed by atoms with Crippen LogP contribution >= 0.6 is 23.2 Å². The zero-order valence-corrected chi connectivity index (χ0v) is 14.1. The van der Waals surface area contributed by atoms with E-state index in [-0.39, 0.29) is 12.3 Å². The Morgan fingerprint density at radius 1 is 1.22 bits per heavy atom. The molecule has 0 aliphatic rings. The van der Waals surface area contributed by atoms with E-state index in [1.165, 1.54) is 0 Å². The topological polar surface area (TPSA) is 55.1 Å². The smallest absolute Gasteiger partial charge is 0.230 e. The summed E-state index contributed by atoms with van der Waals surface area (Å²) >= 11 is 11.9. The molecule has 0 fully saturated rings. The Morgan fingerprint density at radius 3 is 2.74 bits per heavy atom. The fourth-order valence-corrected chi connectivity index (χ4v) is 2.96. The van der Waals surface area contributed by atoms with Crippen LogP contribution in [0.2, 0.25) is 10.0 Å². The molecule has 0 aliphatic carbocycles. The van der Waals surface area contributed by atoms with Gasteiger partial charge in [-0.1, -0.05) is 34.4 Å². The quantitative estimate of drug-likeness (QED) is 0.729. The molecule has 2 aromatic carbocycles. The van der Waals surface area contributed by atoms with Gasteiger partial charge >= 0.3 is 0 Å². The van der Waals surface area contributed by atoms with Crippen LogP contribution in [0, 0.1) is 13.8 Å². The van der Waals surface area contributed by atoms with Crippen LogP contribution in [0.5, 0.6) is 0 Å². The van der Waals surface area contributed by atoms with Gasteiger partial charge in [0.25, 0.3) is 0 Å². The van der Waals surface area contributed by atoms with Gasteiger partial charge in [0.15, 0.2) is 5.58 Å². The van der Waals surface area contributed by atoms with Crippen LogP contribution in [-0.4, -0.2) is 11.1 Å². The van der Waals surface area contributed by atoms with Crippen molar-refractivity contribution >= 4 is 45.8 Å². The van der Waals surface area contributed by atoms with Crippen LogP contribution in [0.1, 0.15) is 16.8 Å². The normalized spacial score (nSPS) is 11.0. The van der Waals surface area contributed by atoms with Gasteiger partial charge in [-0.2, -0.15) is 0 Å². The van der Waals surface area contributed by atoms with Gasteiger partial charge in [-0.15, -0.1) is 0 Å². The highest BCUT2D eigenvalue weighted by Gasteiger charge is 2.15. The lowest BCUT2D eigenvalue weighted by Crippen LogP contribution is -2.15. The SMILES string of the molecule is Cc1cc(C)c2onc(CC(=O)Nc3ccc(Cl)cc3Cl)c2c1. The number of aromatic nitrogens is 1. The lowest BCUT2D eigenvalue weighted by Gasteiger charge is -2.06. The van der Waals surface area contributed by atoms with Gasteiger partial charge in [0.1, 0.15) is 5.69 Å². The molecule has 1 amide bonds. The van der Waals surface area contributed by atoms with Gasteiger partial charge in [0, 0.05) is 10.4 Å². The summed E-state index contributed by atoms with van der Waals surface area (Å²) in [6.45, 7) is 3.95. The van der Waals surface area contributed by atoms with Crippen molar-refractivity contribution in [1.82, 2.24) is 5.16 Å². The summed E-state index contributed by atoms with van der Waals surface area (Å²) in [5.74, 6) is -0.219. The fraction of sp³-hybridized carbons (Fsp3) is 0.176. The molecule has 0 bridgehead atoms. The number of hydrogen-bond donors (Lipinski definition) is 1. The van der Waals surface area contributed by atoms with Crippen molar-refractivity contribution in [2.75, 3.05) is 5.32 Å². The third-order valence-corrected chi connectivity index (χ3v) is 4.06. The van der Waals surface area contributed by atoms with E-state index in [4.69, 9.17) is 27.7 Å². The van der Waals surface area contributed by atoms with Gasteiger partial charge in [0.05, 0.1) is 17.1 Å². The van der Waals surface area contributed by atoms with Crippen molar-refractivity contribution in [3.63, 3.8) is 0 Å². The number of fused-ring (bicyclic) bond motifs is 1. The molecule has 0 atom stereocenters. The maximum Gasteiger partial charge on any atom is 0.230 e. The molecular formula is C17H14Cl2N2O2. The number of anilines is 1. The van der Waals surface area contributed by atoms with Crippen molar-refractivity contribution in [3.8, 4) is 0 Å². The summed E-state index contributed by atoms with van der Waals surface area (Å²) < 4.78 is 5.35. The first-order valence-corrected chi connectivity index (χ1v) is 7.80. The molecule has 4 nitrogen and oxygen atoms in total. The van der Waals surface area contributed by atoms with Crippen molar-refractivity contribution in [2.24, 2.45) is 0 Å². The lowest BCUT2D eigenvalue weighted by atomic mass is 10.1. The van der Waals surface area contributed by atoms with Gasteiger partial charge in [-0.25, -0.2) is 0 Å². The number of benzene rings is 2. The van der Waals surface area contributed by atoms with Crippen molar-refractivity contribution in [2.45, 2.75) is 20.3 Å². The average Bonchev–Trinajstić information content (AvgIpc) is 2.85. The second-order valence-electron chi connectivity index (χ2n) is 5.44. The van der Waals surface area contributed by atoms with E-state index in [1.54, 1.807) is 18.2 Å². The van der Waals surface area contributed by atoms with Crippen molar-refractivity contribution < 1.29 is 9.32 Å². The number of amides is 1. The molecule has 0 radical (unpaired) electrons. The lowest BCUT2D eigenvalue weighted by molar-refractivity contribution is -0.115. The standard InChI is InChI=1S/C17H14Cl2N2O2/c1-9-5-10(2)17-12(6-9)15(21-23-17)8-16(22)20-14-4-3-11(18)7-13(14)19/h3-7H,8H2,1-2H3,(H,20,22). The van der Waals surface area contributed by atoms with Crippen LogP contribution in [-0.2, 0) is 11.2 Å². The van der Waals surface area contributed by atoms with Gasteiger partial charge in [0.2, 0.25) is 5.91 Å². The van der Waals surface area contributed by atoms with Crippen LogP contribution in [0.4, 0.5) is 5.69 Å². The number of rotatable bonds is 3. The molecule has 0 unspecified atom stereocenters. The largest absolute Gasteiger partial charge is 0.356 e. The summed E-state index contributed by atoms with van der Waals surface area (Å²) in [6.07, 6.45) is 0.106. The highest BCUT2D eigenvalue weighted by atomic mass is 35.5. The molecule has 6 heteroatoms. The molecule has 0 saturated heterocycles. The molecule has 23 heavy (non-hydrogen) atoms. The Kier molecular flexibility index (Phi) is 4.28. The minimum absolute atomic E-state index is 0.106. The number of carbonyl (C=O) groups excluding carboxylic acids is 1. The molecule has 0 saturated carbocycles. The first kappa shape index (κ1) is 15.8. The monoisotopic (exact) mass is 348 g/mol. The minimum Gasteiger partial charge on any atom is -0.356 e. The van der Waals surface area contributed by atoms with E-state index in [1.807, 2.05) is 26.0 Å². The van der Waals surface area contributed by atoms with Crippen LogP contribution in [0.15, 0.2) is 34.9 Å².